The first kappa shape index (κ1) is 14.4. The fourth-order valence-electron chi connectivity index (χ4n) is 2.63. The molecule has 0 aliphatic heterocycles. The lowest BCUT2D eigenvalue weighted by molar-refractivity contribution is 0.176. The molecule has 0 bridgehead atoms. The first-order valence-corrected chi connectivity index (χ1v) is 7.34. The van der Waals surface area contributed by atoms with E-state index in [1.54, 1.807) is 7.11 Å². The second-order valence-corrected chi connectivity index (χ2v) is 5.53. The van der Waals surface area contributed by atoms with E-state index in [0.717, 1.165) is 30.3 Å². The van der Waals surface area contributed by atoms with E-state index in [0.29, 0.717) is 0 Å². The van der Waals surface area contributed by atoms with Crippen LogP contribution in [0.1, 0.15) is 37.8 Å². The Morgan fingerprint density at radius 2 is 2.21 bits per heavy atom. The van der Waals surface area contributed by atoms with Gasteiger partial charge in [-0.3, -0.25) is 0 Å². The third kappa shape index (κ3) is 3.95. The van der Waals surface area contributed by atoms with Gasteiger partial charge in [-0.05, 0) is 43.0 Å². The number of nitrogens with two attached hydrogens (primary N) is 1. The van der Waals surface area contributed by atoms with Crippen molar-refractivity contribution in [2.75, 3.05) is 26.7 Å². The van der Waals surface area contributed by atoms with E-state index in [2.05, 4.69) is 17.9 Å². The van der Waals surface area contributed by atoms with Crippen LogP contribution in [0.2, 0.25) is 0 Å². The van der Waals surface area contributed by atoms with E-state index < -0.39 is 0 Å². The second kappa shape index (κ2) is 6.92. The first-order chi connectivity index (χ1) is 9.22. The van der Waals surface area contributed by atoms with Crippen molar-refractivity contribution >= 4 is 0 Å². The van der Waals surface area contributed by atoms with Gasteiger partial charge < -0.3 is 15.4 Å². The molecule has 3 nitrogen and oxygen atoms in total. The summed E-state index contributed by atoms with van der Waals surface area (Å²) in [5, 5.41) is 0. The summed E-state index contributed by atoms with van der Waals surface area (Å²) in [6.45, 7) is 5.43. The van der Waals surface area contributed by atoms with Crippen molar-refractivity contribution < 1.29 is 4.74 Å². The number of methoxy groups -OCH3 is 1. The highest BCUT2D eigenvalue weighted by Crippen LogP contribution is 2.27. The molecule has 0 saturated heterocycles. The lowest BCUT2D eigenvalue weighted by Crippen LogP contribution is -2.37. The maximum atomic E-state index is 6.33. The van der Waals surface area contributed by atoms with Gasteiger partial charge in [0.05, 0.1) is 7.11 Å². The minimum absolute atomic E-state index is 0.0649. The number of hydrogen-bond donors (Lipinski definition) is 1. The molecule has 0 amide bonds. The highest BCUT2D eigenvalue weighted by Gasteiger charge is 2.21. The molecule has 1 aliphatic carbocycles. The molecule has 0 aromatic heterocycles. The van der Waals surface area contributed by atoms with Crippen LogP contribution in [-0.2, 0) is 0 Å². The van der Waals surface area contributed by atoms with Gasteiger partial charge in [-0.2, -0.15) is 0 Å². The van der Waals surface area contributed by atoms with Crippen LogP contribution >= 0.6 is 0 Å². The van der Waals surface area contributed by atoms with Crippen molar-refractivity contribution in [2.45, 2.75) is 32.2 Å². The van der Waals surface area contributed by atoms with Gasteiger partial charge in [0.1, 0.15) is 5.75 Å². The number of benzene rings is 1. The zero-order chi connectivity index (χ0) is 13.7. The van der Waals surface area contributed by atoms with Gasteiger partial charge in [-0.1, -0.05) is 25.5 Å². The highest BCUT2D eigenvalue weighted by atomic mass is 16.5. The lowest BCUT2D eigenvalue weighted by atomic mass is 9.85. The maximum Gasteiger partial charge on any atom is 0.119 e. The summed E-state index contributed by atoms with van der Waals surface area (Å²) in [6, 6.07) is 8.17. The molecule has 0 spiro atoms. The van der Waals surface area contributed by atoms with Crippen LogP contribution < -0.4 is 10.5 Å². The average Bonchev–Trinajstić information content (AvgIpc) is 2.41. The molecule has 3 heteroatoms. The van der Waals surface area contributed by atoms with E-state index in [4.69, 9.17) is 10.5 Å². The SMILES string of the molecule is CCN(CC1CCC1)CC(N)c1cccc(OC)c1. The normalized spacial score (nSPS) is 17.3. The van der Waals surface area contributed by atoms with Gasteiger partial charge in [0.15, 0.2) is 0 Å². The largest absolute Gasteiger partial charge is 0.497 e. The number of likely N-dealkylation sites (N-methyl/N-ethyl adjacent to an activating group) is 1. The van der Waals surface area contributed by atoms with E-state index >= 15 is 0 Å². The van der Waals surface area contributed by atoms with Crippen LogP contribution in [0, 0.1) is 5.92 Å². The summed E-state index contributed by atoms with van der Waals surface area (Å²) in [5.41, 5.74) is 7.49. The van der Waals surface area contributed by atoms with Crippen molar-refractivity contribution in [3.63, 3.8) is 0 Å². The highest BCUT2D eigenvalue weighted by molar-refractivity contribution is 5.30. The van der Waals surface area contributed by atoms with E-state index in [1.165, 1.54) is 25.8 Å². The molecule has 2 rings (SSSR count). The van der Waals surface area contributed by atoms with Crippen LogP contribution in [0.25, 0.3) is 0 Å². The Morgan fingerprint density at radius 3 is 2.79 bits per heavy atom. The molecule has 1 saturated carbocycles. The lowest BCUT2D eigenvalue weighted by Gasteiger charge is -2.33. The Labute approximate surface area is 116 Å². The van der Waals surface area contributed by atoms with E-state index in [-0.39, 0.29) is 6.04 Å². The molecule has 1 aromatic rings. The summed E-state index contributed by atoms with van der Waals surface area (Å²) in [7, 11) is 1.69. The van der Waals surface area contributed by atoms with Gasteiger partial charge in [0, 0.05) is 19.1 Å². The Morgan fingerprint density at radius 1 is 1.42 bits per heavy atom. The molecule has 0 heterocycles. The van der Waals surface area contributed by atoms with Gasteiger partial charge in [0.2, 0.25) is 0 Å². The molecular formula is C16H26N2O. The zero-order valence-corrected chi connectivity index (χ0v) is 12.1. The predicted octanol–water partition coefficient (Wildman–Crippen LogP) is 2.82. The Hall–Kier alpha value is -1.06. The summed E-state index contributed by atoms with van der Waals surface area (Å²) >= 11 is 0. The van der Waals surface area contributed by atoms with E-state index in [1.807, 2.05) is 18.2 Å². The molecule has 1 unspecified atom stereocenters. The summed E-state index contributed by atoms with van der Waals surface area (Å²) in [5.74, 6) is 1.78. The van der Waals surface area contributed by atoms with Crippen molar-refractivity contribution in [1.29, 1.82) is 0 Å². The Balaban J connectivity index is 1.91. The number of rotatable bonds is 7. The molecule has 19 heavy (non-hydrogen) atoms. The van der Waals surface area contributed by atoms with Crippen LogP contribution in [0.15, 0.2) is 24.3 Å². The summed E-state index contributed by atoms with van der Waals surface area (Å²) in [4.78, 5) is 2.48. The number of hydrogen-bond acceptors (Lipinski definition) is 3. The minimum atomic E-state index is 0.0649. The van der Waals surface area contributed by atoms with Gasteiger partial charge >= 0.3 is 0 Å². The molecule has 1 fully saturated rings. The maximum absolute atomic E-state index is 6.33. The fraction of sp³-hybridized carbons (Fsp3) is 0.625. The van der Waals surface area contributed by atoms with Crippen molar-refractivity contribution in [1.82, 2.24) is 4.90 Å². The van der Waals surface area contributed by atoms with Crippen molar-refractivity contribution in [2.24, 2.45) is 11.7 Å². The standard InChI is InChI=1S/C16H26N2O/c1-3-18(11-13-6-4-7-13)12-16(17)14-8-5-9-15(10-14)19-2/h5,8-10,13,16H,3-4,6-7,11-12,17H2,1-2H3. The van der Waals surface area contributed by atoms with Gasteiger partial charge in [-0.25, -0.2) is 0 Å². The van der Waals surface area contributed by atoms with Crippen LogP contribution in [0.5, 0.6) is 5.75 Å². The third-order valence-electron chi connectivity index (χ3n) is 4.17. The Bertz CT molecular complexity index is 390. The van der Waals surface area contributed by atoms with Crippen LogP contribution in [0.3, 0.4) is 0 Å². The number of ether oxygens (including phenoxy) is 1. The van der Waals surface area contributed by atoms with Crippen molar-refractivity contribution in [3.05, 3.63) is 29.8 Å². The molecule has 106 valence electrons. The van der Waals surface area contributed by atoms with Gasteiger partial charge in [-0.15, -0.1) is 0 Å². The monoisotopic (exact) mass is 262 g/mol. The van der Waals surface area contributed by atoms with Crippen LogP contribution in [-0.4, -0.2) is 31.6 Å². The fourth-order valence-corrected chi connectivity index (χ4v) is 2.63. The molecule has 2 N–H and O–H groups in total. The number of nitrogens with zero attached hydrogens (tertiary/aromatic N) is 1. The predicted molar refractivity (Wildman–Crippen MR) is 79.4 cm³/mol. The molecule has 1 aromatic carbocycles. The second-order valence-electron chi connectivity index (χ2n) is 5.53. The Kier molecular flexibility index (Phi) is 5.23. The molecule has 1 atom stereocenters. The van der Waals surface area contributed by atoms with E-state index in [9.17, 15) is 0 Å². The van der Waals surface area contributed by atoms with Crippen molar-refractivity contribution in [3.8, 4) is 5.75 Å². The first-order valence-electron chi connectivity index (χ1n) is 7.34. The molecular weight excluding hydrogens is 236 g/mol. The minimum Gasteiger partial charge on any atom is -0.497 e. The zero-order valence-electron chi connectivity index (χ0n) is 12.1. The quantitative estimate of drug-likeness (QED) is 0.821. The topological polar surface area (TPSA) is 38.5 Å². The summed E-state index contributed by atoms with van der Waals surface area (Å²) < 4.78 is 5.26. The summed E-state index contributed by atoms with van der Waals surface area (Å²) in [6.07, 6.45) is 4.19. The van der Waals surface area contributed by atoms with Gasteiger partial charge in [0.25, 0.3) is 0 Å². The average molecular weight is 262 g/mol. The smallest absolute Gasteiger partial charge is 0.119 e. The van der Waals surface area contributed by atoms with Crippen LogP contribution in [0.4, 0.5) is 0 Å². The molecule has 1 aliphatic rings. The molecule has 0 radical (unpaired) electrons. The third-order valence-corrected chi connectivity index (χ3v) is 4.17.